The van der Waals surface area contributed by atoms with Crippen LogP contribution in [0.5, 0.6) is 0 Å². The lowest BCUT2D eigenvalue weighted by Gasteiger charge is -2.23. The first-order chi connectivity index (χ1) is 5.20. The van der Waals surface area contributed by atoms with Crippen LogP contribution in [0.25, 0.3) is 0 Å². The first-order valence-corrected chi connectivity index (χ1v) is 6.79. The molecule has 0 bridgehead atoms. The normalized spacial score (nSPS) is 38.0. The second-order valence-corrected chi connectivity index (χ2v) is 7.54. The maximum Gasteiger partial charge on any atom is 0.258 e. The predicted molar refractivity (Wildman–Crippen MR) is 48.9 cm³/mol. The maximum atomic E-state index is 11.6. The Balaban J connectivity index is 2.61. The average molecular weight is 190 g/mol. The monoisotopic (exact) mass is 190 g/mol. The molecule has 1 saturated heterocycles. The molecular formula is C7H11O2PS. The van der Waals surface area contributed by atoms with Crippen LogP contribution < -0.4 is 0 Å². The first-order valence-electron chi connectivity index (χ1n) is 3.49. The Bertz CT molecular complexity index is 221. The number of rotatable bonds is 1. The molecule has 1 aliphatic rings. The van der Waals surface area contributed by atoms with Crippen LogP contribution in [0.3, 0.4) is 0 Å². The van der Waals surface area contributed by atoms with Gasteiger partial charge >= 0.3 is 0 Å². The van der Waals surface area contributed by atoms with E-state index in [1.54, 1.807) is 0 Å². The zero-order chi connectivity index (χ0) is 8.32. The maximum absolute atomic E-state index is 11.6. The number of terminal acetylenes is 1. The van der Waals surface area contributed by atoms with Crippen molar-refractivity contribution < 1.29 is 9.09 Å². The third kappa shape index (κ3) is 2.27. The third-order valence-electron chi connectivity index (χ3n) is 1.65. The summed E-state index contributed by atoms with van der Waals surface area (Å²) in [5, 5.41) is 0.0922. The van der Waals surface area contributed by atoms with Crippen LogP contribution in [0.1, 0.15) is 12.8 Å². The minimum Gasteiger partial charge on any atom is -0.324 e. The molecule has 0 aromatic rings. The van der Waals surface area contributed by atoms with Gasteiger partial charge < -0.3 is 4.52 Å². The summed E-state index contributed by atoms with van der Waals surface area (Å²) in [6.07, 6.45) is 7.79. The standard InChI is InChI=1S/C7H11O2PS/c1-3-7-5-4-6-10(8,9-2)11-7/h1,7H,4-6H2,2H3. The van der Waals surface area contributed by atoms with E-state index in [2.05, 4.69) is 5.92 Å². The van der Waals surface area contributed by atoms with Crippen molar-refractivity contribution in [2.45, 2.75) is 18.1 Å². The van der Waals surface area contributed by atoms with E-state index >= 15 is 0 Å². The lowest BCUT2D eigenvalue weighted by atomic mass is 10.2. The van der Waals surface area contributed by atoms with E-state index in [0.717, 1.165) is 12.8 Å². The van der Waals surface area contributed by atoms with Gasteiger partial charge in [-0.25, -0.2) is 0 Å². The van der Waals surface area contributed by atoms with Crippen molar-refractivity contribution in [1.82, 2.24) is 0 Å². The molecule has 11 heavy (non-hydrogen) atoms. The van der Waals surface area contributed by atoms with E-state index in [-0.39, 0.29) is 5.25 Å². The summed E-state index contributed by atoms with van der Waals surface area (Å²) in [5.74, 6) is 2.60. The van der Waals surface area contributed by atoms with Crippen LogP contribution in [0, 0.1) is 12.3 Å². The van der Waals surface area contributed by atoms with E-state index in [0.29, 0.717) is 6.16 Å². The van der Waals surface area contributed by atoms with Gasteiger partial charge in [-0.2, -0.15) is 0 Å². The second-order valence-electron chi connectivity index (χ2n) is 2.42. The molecule has 1 aliphatic heterocycles. The smallest absolute Gasteiger partial charge is 0.258 e. The van der Waals surface area contributed by atoms with E-state index in [9.17, 15) is 4.57 Å². The minimum atomic E-state index is -2.39. The molecule has 0 N–H and O–H groups in total. The van der Waals surface area contributed by atoms with Gasteiger partial charge in [-0.05, 0) is 12.8 Å². The number of hydrogen-bond acceptors (Lipinski definition) is 3. The Morgan fingerprint density at radius 3 is 3.09 bits per heavy atom. The molecule has 2 unspecified atom stereocenters. The van der Waals surface area contributed by atoms with Crippen LogP contribution in [0.2, 0.25) is 0 Å². The van der Waals surface area contributed by atoms with Gasteiger partial charge in [-0.1, -0.05) is 17.3 Å². The van der Waals surface area contributed by atoms with Gasteiger partial charge in [0.25, 0.3) is 6.57 Å². The zero-order valence-electron chi connectivity index (χ0n) is 6.45. The Morgan fingerprint density at radius 1 is 1.82 bits per heavy atom. The summed E-state index contributed by atoms with van der Waals surface area (Å²) in [6.45, 7) is -2.39. The van der Waals surface area contributed by atoms with E-state index < -0.39 is 6.57 Å². The highest BCUT2D eigenvalue weighted by Gasteiger charge is 2.30. The second kappa shape index (κ2) is 3.67. The topological polar surface area (TPSA) is 26.3 Å². The predicted octanol–water partition coefficient (Wildman–Crippen LogP) is 2.35. The number of hydrogen-bond donors (Lipinski definition) is 0. The molecular weight excluding hydrogens is 179 g/mol. The SMILES string of the molecule is C#CC1CCCP(=O)(OC)S1. The fourth-order valence-corrected chi connectivity index (χ4v) is 5.31. The summed E-state index contributed by atoms with van der Waals surface area (Å²) in [5.41, 5.74) is 0. The summed E-state index contributed by atoms with van der Waals surface area (Å²) >= 11 is 1.33. The highest BCUT2D eigenvalue weighted by molar-refractivity contribution is 8.57. The fraction of sp³-hybridized carbons (Fsp3) is 0.714. The Morgan fingerprint density at radius 2 is 2.55 bits per heavy atom. The summed E-state index contributed by atoms with van der Waals surface area (Å²) in [7, 11) is 1.49. The molecule has 0 aromatic carbocycles. The molecule has 1 rings (SSSR count). The average Bonchev–Trinajstić information content (AvgIpc) is 2.05. The molecule has 0 radical (unpaired) electrons. The molecule has 2 atom stereocenters. The zero-order valence-corrected chi connectivity index (χ0v) is 8.16. The largest absolute Gasteiger partial charge is 0.324 e. The highest BCUT2D eigenvalue weighted by atomic mass is 32.7. The summed E-state index contributed by atoms with van der Waals surface area (Å²) in [6, 6.07) is 0. The van der Waals surface area contributed by atoms with E-state index in [4.69, 9.17) is 10.9 Å². The molecule has 62 valence electrons. The van der Waals surface area contributed by atoms with Crippen LogP contribution in [0.4, 0.5) is 0 Å². The minimum absolute atomic E-state index is 0.0922. The summed E-state index contributed by atoms with van der Waals surface area (Å²) in [4.78, 5) is 0. The van der Waals surface area contributed by atoms with Crippen molar-refractivity contribution in [3.05, 3.63) is 0 Å². The first kappa shape index (κ1) is 9.19. The molecule has 1 fully saturated rings. The highest BCUT2D eigenvalue weighted by Crippen LogP contribution is 2.64. The van der Waals surface area contributed by atoms with Gasteiger partial charge in [-0.15, -0.1) is 6.42 Å². The van der Waals surface area contributed by atoms with Gasteiger partial charge in [0.05, 0.1) is 5.25 Å². The van der Waals surface area contributed by atoms with Crippen molar-refractivity contribution in [1.29, 1.82) is 0 Å². The van der Waals surface area contributed by atoms with Crippen LogP contribution in [0.15, 0.2) is 0 Å². The van der Waals surface area contributed by atoms with Crippen molar-refractivity contribution in [3.63, 3.8) is 0 Å². The molecule has 0 saturated carbocycles. The van der Waals surface area contributed by atoms with Crippen molar-refractivity contribution in [2.24, 2.45) is 0 Å². The van der Waals surface area contributed by atoms with Crippen molar-refractivity contribution in [2.75, 3.05) is 13.3 Å². The van der Waals surface area contributed by atoms with E-state index in [1.807, 2.05) is 0 Å². The quantitative estimate of drug-likeness (QED) is 0.469. The van der Waals surface area contributed by atoms with Gasteiger partial charge in [0.1, 0.15) is 0 Å². The molecule has 0 aliphatic carbocycles. The van der Waals surface area contributed by atoms with Gasteiger partial charge in [0.15, 0.2) is 0 Å². The third-order valence-corrected chi connectivity index (χ3v) is 6.74. The molecule has 0 amide bonds. The Labute approximate surface area is 71.3 Å². The molecule has 0 aromatic heterocycles. The van der Waals surface area contributed by atoms with Crippen molar-refractivity contribution >= 4 is 18.0 Å². The van der Waals surface area contributed by atoms with Crippen molar-refractivity contribution in [3.8, 4) is 12.3 Å². The Hall–Kier alpha value is 0.100. The van der Waals surface area contributed by atoms with Gasteiger partial charge in [0, 0.05) is 13.3 Å². The Kier molecular flexibility index (Phi) is 3.06. The lowest BCUT2D eigenvalue weighted by Crippen LogP contribution is -2.07. The van der Waals surface area contributed by atoms with E-state index in [1.165, 1.54) is 18.5 Å². The molecule has 0 spiro atoms. The molecule has 1 heterocycles. The fourth-order valence-electron chi connectivity index (χ4n) is 1.02. The van der Waals surface area contributed by atoms with Crippen LogP contribution in [-0.2, 0) is 9.09 Å². The molecule has 4 heteroatoms. The lowest BCUT2D eigenvalue weighted by molar-refractivity contribution is 0.406. The van der Waals surface area contributed by atoms with Crippen LogP contribution in [-0.4, -0.2) is 18.5 Å². The molecule has 2 nitrogen and oxygen atoms in total. The summed E-state index contributed by atoms with van der Waals surface area (Å²) < 4.78 is 16.6. The van der Waals surface area contributed by atoms with Gasteiger partial charge in [-0.3, -0.25) is 4.57 Å². The van der Waals surface area contributed by atoms with Gasteiger partial charge in [0.2, 0.25) is 0 Å². The van der Waals surface area contributed by atoms with Crippen LogP contribution >= 0.6 is 18.0 Å².